The number of benzene rings is 2. The second kappa shape index (κ2) is 8.63. The molecule has 0 radical (unpaired) electrons. The third kappa shape index (κ3) is 4.11. The van der Waals surface area contributed by atoms with Gasteiger partial charge in [0.2, 0.25) is 5.90 Å². The van der Waals surface area contributed by atoms with Crippen LogP contribution in [0.5, 0.6) is 0 Å². The van der Waals surface area contributed by atoms with Crippen LogP contribution >= 0.6 is 11.8 Å². The van der Waals surface area contributed by atoms with Crippen molar-refractivity contribution < 1.29 is 14.3 Å². The van der Waals surface area contributed by atoms with Gasteiger partial charge in [-0.15, -0.1) is 0 Å². The van der Waals surface area contributed by atoms with Gasteiger partial charge in [-0.2, -0.15) is 0 Å². The summed E-state index contributed by atoms with van der Waals surface area (Å²) in [4.78, 5) is 21.8. The third-order valence-corrected chi connectivity index (χ3v) is 5.93. The van der Waals surface area contributed by atoms with Gasteiger partial charge in [-0.05, 0) is 28.8 Å². The molecule has 2 aliphatic heterocycles. The Bertz CT molecular complexity index is 984. The zero-order valence-corrected chi connectivity index (χ0v) is 17.0. The van der Waals surface area contributed by atoms with Crippen LogP contribution in [0.15, 0.2) is 70.8 Å². The van der Waals surface area contributed by atoms with Gasteiger partial charge in [0.25, 0.3) is 5.91 Å². The Kier molecular flexibility index (Phi) is 5.78. The average Bonchev–Trinajstić information content (AvgIpc) is 3.18. The number of fused-ring (bicyclic) bond motifs is 1. The zero-order chi connectivity index (χ0) is 20.2. The van der Waals surface area contributed by atoms with Crippen LogP contribution in [0.25, 0.3) is 5.57 Å². The van der Waals surface area contributed by atoms with Gasteiger partial charge >= 0.3 is 0 Å². The molecule has 2 unspecified atom stereocenters. The van der Waals surface area contributed by atoms with E-state index >= 15 is 0 Å². The molecule has 2 heterocycles. The molecule has 0 bridgehead atoms. The van der Waals surface area contributed by atoms with Crippen LogP contribution in [0.3, 0.4) is 0 Å². The molecule has 0 aliphatic carbocycles. The van der Waals surface area contributed by atoms with E-state index in [2.05, 4.69) is 27.4 Å². The first-order valence-corrected chi connectivity index (χ1v) is 10.1. The molecule has 2 aromatic rings. The number of carbonyl (C=O) groups is 1. The molecule has 0 fully saturated rings. The summed E-state index contributed by atoms with van der Waals surface area (Å²) >= 11 is 1.52. The number of methoxy groups -OCH3 is 2. The van der Waals surface area contributed by atoms with Gasteiger partial charge in [-0.1, -0.05) is 54.2 Å². The summed E-state index contributed by atoms with van der Waals surface area (Å²) in [7, 11) is 3.24. The molecule has 148 valence electrons. The van der Waals surface area contributed by atoms with Crippen LogP contribution in [-0.2, 0) is 16.1 Å². The Morgan fingerprint density at radius 2 is 1.86 bits per heavy atom. The molecular formula is C22H21N3O3S. The molecule has 29 heavy (non-hydrogen) atoms. The van der Waals surface area contributed by atoms with Gasteiger partial charge in [-0.3, -0.25) is 4.79 Å². The van der Waals surface area contributed by atoms with E-state index in [0.29, 0.717) is 23.2 Å². The largest absolute Gasteiger partial charge is 0.482 e. The quantitative estimate of drug-likeness (QED) is 0.842. The molecule has 7 heteroatoms. The monoisotopic (exact) mass is 407 g/mol. The maximum atomic E-state index is 12.7. The number of hydrogen-bond donors (Lipinski definition) is 1. The van der Waals surface area contributed by atoms with E-state index in [1.165, 1.54) is 11.8 Å². The summed E-state index contributed by atoms with van der Waals surface area (Å²) < 4.78 is 10.5. The highest BCUT2D eigenvalue weighted by atomic mass is 32.2. The fourth-order valence-corrected chi connectivity index (χ4v) is 4.50. The highest BCUT2D eigenvalue weighted by Crippen LogP contribution is 2.39. The molecule has 2 atom stereocenters. The molecule has 0 saturated heterocycles. The van der Waals surface area contributed by atoms with Crippen molar-refractivity contribution in [3.05, 3.63) is 77.5 Å². The van der Waals surface area contributed by atoms with Gasteiger partial charge in [0.15, 0.2) is 5.17 Å². The Morgan fingerprint density at radius 1 is 1.10 bits per heavy atom. The summed E-state index contributed by atoms with van der Waals surface area (Å²) in [5.41, 5.74) is 3.74. The molecule has 2 aliphatic rings. The topological polar surface area (TPSA) is 72.3 Å². The smallest absolute Gasteiger partial charge is 0.257 e. The average molecular weight is 407 g/mol. The molecule has 4 rings (SSSR count). The number of hydrogen-bond acceptors (Lipinski definition) is 6. The first kappa shape index (κ1) is 19.4. The Hall–Kier alpha value is -2.90. The standard InChI is InChI=1S/C22H21N3O3S/c1-27-13-14-8-10-16(11-9-14)20(26)25-22-24-18-19(29-22)17(12-23-21(18)28-2)15-6-4-3-5-7-15/h3-12,18-19H,13H2,1-2H3,(H,24,25,26). The van der Waals surface area contributed by atoms with Crippen LogP contribution in [0.2, 0.25) is 0 Å². The SMILES string of the molecule is COCc1ccc(C(=O)NC2=NC3C(OC)=NC=C(c4ccccc4)C3S2)cc1. The van der Waals surface area contributed by atoms with Gasteiger partial charge in [0.05, 0.1) is 19.0 Å². The first-order valence-electron chi connectivity index (χ1n) is 9.20. The Morgan fingerprint density at radius 3 is 2.55 bits per heavy atom. The van der Waals surface area contributed by atoms with Crippen LogP contribution in [0.4, 0.5) is 0 Å². The van der Waals surface area contributed by atoms with Crippen molar-refractivity contribution in [1.82, 2.24) is 5.32 Å². The number of amidine groups is 1. The van der Waals surface area contributed by atoms with E-state index in [0.717, 1.165) is 16.7 Å². The maximum absolute atomic E-state index is 12.7. The summed E-state index contributed by atoms with van der Waals surface area (Å²) in [6.07, 6.45) is 1.83. The minimum Gasteiger partial charge on any atom is -0.482 e. The highest BCUT2D eigenvalue weighted by molar-refractivity contribution is 8.15. The normalized spacial score (nSPS) is 20.3. The lowest BCUT2D eigenvalue weighted by Crippen LogP contribution is -2.31. The van der Waals surface area contributed by atoms with E-state index in [4.69, 9.17) is 9.47 Å². The van der Waals surface area contributed by atoms with Gasteiger partial charge in [-0.25, -0.2) is 9.98 Å². The fourth-order valence-electron chi connectivity index (χ4n) is 3.30. The second-order valence-corrected chi connectivity index (χ2v) is 7.75. The third-order valence-electron chi connectivity index (χ3n) is 4.74. The lowest BCUT2D eigenvalue weighted by atomic mass is 9.97. The summed E-state index contributed by atoms with van der Waals surface area (Å²) in [5.74, 6) is 0.357. The van der Waals surface area contributed by atoms with Crippen LogP contribution in [0.1, 0.15) is 21.5 Å². The Labute approximate surface area is 173 Å². The van der Waals surface area contributed by atoms with Crippen molar-refractivity contribution in [1.29, 1.82) is 0 Å². The van der Waals surface area contributed by atoms with Crippen LogP contribution < -0.4 is 5.32 Å². The predicted octanol–water partition coefficient (Wildman–Crippen LogP) is 3.50. The number of ether oxygens (including phenoxy) is 2. The van der Waals surface area contributed by atoms with E-state index in [9.17, 15) is 4.79 Å². The van der Waals surface area contributed by atoms with E-state index < -0.39 is 0 Å². The van der Waals surface area contributed by atoms with Gasteiger partial charge < -0.3 is 14.8 Å². The van der Waals surface area contributed by atoms with E-state index in [1.54, 1.807) is 26.4 Å². The molecular weight excluding hydrogens is 386 g/mol. The number of amides is 1. The molecule has 1 amide bonds. The Balaban J connectivity index is 1.51. The summed E-state index contributed by atoms with van der Waals surface area (Å²) in [5, 5.41) is 3.50. The number of carbonyl (C=O) groups excluding carboxylic acids is 1. The molecule has 2 aromatic carbocycles. The number of thioether (sulfide) groups is 1. The number of aliphatic imine (C=N–C) groups is 2. The minimum atomic E-state index is -0.260. The molecule has 1 N–H and O–H groups in total. The number of nitrogens with one attached hydrogen (secondary N) is 1. The van der Waals surface area contributed by atoms with Crippen LogP contribution in [0, 0.1) is 0 Å². The van der Waals surface area contributed by atoms with Crippen molar-refractivity contribution in [3.8, 4) is 0 Å². The first-order chi connectivity index (χ1) is 14.2. The maximum Gasteiger partial charge on any atom is 0.257 e. The number of rotatable bonds is 4. The highest BCUT2D eigenvalue weighted by Gasteiger charge is 2.40. The molecule has 0 saturated carbocycles. The van der Waals surface area contributed by atoms with Gasteiger partial charge in [0, 0.05) is 18.9 Å². The zero-order valence-electron chi connectivity index (χ0n) is 16.2. The second-order valence-electron chi connectivity index (χ2n) is 6.62. The van der Waals surface area contributed by atoms with E-state index in [-0.39, 0.29) is 17.2 Å². The van der Waals surface area contributed by atoms with E-state index in [1.807, 2.05) is 36.5 Å². The fraction of sp³-hybridized carbons (Fsp3) is 0.227. The van der Waals surface area contributed by atoms with Gasteiger partial charge in [0.1, 0.15) is 6.04 Å². The minimum absolute atomic E-state index is 0.00392. The van der Waals surface area contributed by atoms with Crippen molar-refractivity contribution in [2.75, 3.05) is 14.2 Å². The summed E-state index contributed by atoms with van der Waals surface area (Å²) in [6.45, 7) is 0.515. The molecule has 0 aromatic heterocycles. The lowest BCUT2D eigenvalue weighted by Gasteiger charge is -2.24. The van der Waals surface area contributed by atoms with Crippen molar-refractivity contribution in [2.24, 2.45) is 9.98 Å². The molecule has 6 nitrogen and oxygen atoms in total. The molecule has 0 spiro atoms. The predicted molar refractivity (Wildman–Crippen MR) is 116 cm³/mol. The number of nitrogens with zero attached hydrogens (tertiary/aromatic N) is 2. The van der Waals surface area contributed by atoms with Crippen LogP contribution in [-0.4, -0.2) is 42.5 Å². The lowest BCUT2D eigenvalue weighted by molar-refractivity contribution is 0.0978. The van der Waals surface area contributed by atoms with Crippen molar-refractivity contribution in [3.63, 3.8) is 0 Å². The van der Waals surface area contributed by atoms with Crippen molar-refractivity contribution in [2.45, 2.75) is 17.9 Å². The van der Waals surface area contributed by atoms with Crippen molar-refractivity contribution >= 4 is 34.3 Å². The summed E-state index contributed by atoms with van der Waals surface area (Å²) in [6, 6.07) is 17.2.